The maximum atomic E-state index is 2.43. The lowest BCUT2D eigenvalue weighted by atomic mass is 9.79. The Balaban J connectivity index is 1.29. The fraction of sp³-hybridized carbons (Fsp3) is 0.300. The molecule has 0 aliphatic heterocycles. The molecule has 0 spiro atoms. The van der Waals surface area contributed by atoms with Gasteiger partial charge in [-0.25, -0.2) is 0 Å². The largest absolute Gasteiger partial charge is 0.0795 e. The van der Waals surface area contributed by atoms with Crippen LogP contribution >= 0.6 is 0 Å². The molecule has 0 aromatic heterocycles. The molecule has 0 radical (unpaired) electrons. The maximum Gasteiger partial charge on any atom is 0.0104 e. The van der Waals surface area contributed by atoms with Crippen molar-refractivity contribution in [2.45, 2.75) is 78.1 Å². The number of rotatable bonds is 3. The van der Waals surface area contributed by atoms with Crippen LogP contribution in [-0.2, 0) is 25.7 Å². The SMILES string of the molecule is Cc1c2c(c(C)c3c1CCC3c1ccccc1-c1ccccc1C1CCc3c(C)c4c(c(C)c31)C=CC4)C=CC2. The van der Waals surface area contributed by atoms with Crippen molar-refractivity contribution in [3.8, 4) is 11.1 Å². The Morgan fingerprint density at radius 3 is 1.38 bits per heavy atom. The first kappa shape index (κ1) is 24.2. The first-order valence-electron chi connectivity index (χ1n) is 15.4. The van der Waals surface area contributed by atoms with E-state index in [1.165, 1.54) is 70.2 Å². The lowest BCUT2D eigenvalue weighted by Gasteiger charge is -2.25. The van der Waals surface area contributed by atoms with Crippen molar-refractivity contribution in [3.05, 3.63) is 139 Å². The summed E-state index contributed by atoms with van der Waals surface area (Å²) < 4.78 is 0. The predicted molar refractivity (Wildman–Crippen MR) is 170 cm³/mol. The fourth-order valence-corrected chi connectivity index (χ4v) is 9.10. The second-order valence-electron chi connectivity index (χ2n) is 12.6. The number of benzene rings is 4. The molecule has 0 fully saturated rings. The molecule has 0 heterocycles. The molecule has 0 saturated carbocycles. The van der Waals surface area contributed by atoms with Gasteiger partial charge in [-0.1, -0.05) is 72.8 Å². The van der Waals surface area contributed by atoms with Crippen molar-refractivity contribution >= 4 is 12.2 Å². The molecule has 8 rings (SSSR count). The van der Waals surface area contributed by atoms with Crippen LogP contribution in [0.5, 0.6) is 0 Å². The van der Waals surface area contributed by atoms with Crippen molar-refractivity contribution in [3.63, 3.8) is 0 Å². The van der Waals surface area contributed by atoms with E-state index in [2.05, 4.69) is 101 Å². The standard InChI is InChI=1S/C40H38/c1-23-27-15-9-17-29(27)25(3)39-31(23)19-21-37(39)35-13-7-5-11-33(35)34-12-6-8-14-36(34)38-22-20-32-24(2)28-16-10-18-30(28)26(4)40(32)38/h5-14,17-18,37-38H,15-16,19-22H2,1-4H3. The molecule has 0 N–H and O–H groups in total. The molecule has 0 heteroatoms. The van der Waals surface area contributed by atoms with E-state index in [0.717, 1.165) is 12.8 Å². The Kier molecular flexibility index (Phi) is 5.40. The Labute approximate surface area is 239 Å². The van der Waals surface area contributed by atoms with E-state index in [4.69, 9.17) is 0 Å². The minimum atomic E-state index is 0.463. The average Bonchev–Trinajstić information content (AvgIpc) is 3.79. The molecule has 2 atom stereocenters. The summed E-state index contributed by atoms with van der Waals surface area (Å²) in [5.74, 6) is 0.927. The van der Waals surface area contributed by atoms with Crippen LogP contribution in [-0.4, -0.2) is 0 Å². The molecular weight excluding hydrogens is 480 g/mol. The highest BCUT2D eigenvalue weighted by atomic mass is 14.4. The highest BCUT2D eigenvalue weighted by Gasteiger charge is 2.34. The predicted octanol–water partition coefficient (Wildman–Crippen LogP) is 9.88. The summed E-state index contributed by atoms with van der Waals surface area (Å²) in [6, 6.07) is 18.7. The van der Waals surface area contributed by atoms with E-state index < -0.39 is 0 Å². The van der Waals surface area contributed by atoms with Gasteiger partial charge in [0.15, 0.2) is 0 Å². The molecule has 2 unspecified atom stereocenters. The van der Waals surface area contributed by atoms with Gasteiger partial charge in [-0.05, 0) is 155 Å². The van der Waals surface area contributed by atoms with E-state index in [1.54, 1.807) is 44.5 Å². The topological polar surface area (TPSA) is 0 Å². The Morgan fingerprint density at radius 2 is 0.925 bits per heavy atom. The molecule has 0 bridgehead atoms. The Morgan fingerprint density at radius 1 is 0.500 bits per heavy atom. The second kappa shape index (κ2) is 8.93. The second-order valence-corrected chi connectivity index (χ2v) is 12.6. The molecule has 0 saturated heterocycles. The van der Waals surface area contributed by atoms with Crippen LogP contribution in [0.2, 0.25) is 0 Å². The minimum absolute atomic E-state index is 0.463. The maximum absolute atomic E-state index is 2.43. The third kappa shape index (κ3) is 3.26. The van der Waals surface area contributed by atoms with Gasteiger partial charge >= 0.3 is 0 Å². The van der Waals surface area contributed by atoms with Crippen LogP contribution < -0.4 is 0 Å². The number of hydrogen-bond donors (Lipinski definition) is 0. The van der Waals surface area contributed by atoms with Gasteiger partial charge in [-0.3, -0.25) is 0 Å². The lowest BCUT2D eigenvalue weighted by molar-refractivity contribution is 0.778. The Hall–Kier alpha value is -3.64. The van der Waals surface area contributed by atoms with Gasteiger partial charge < -0.3 is 0 Å². The smallest absolute Gasteiger partial charge is 0.0104 e. The molecular formula is C40H38. The zero-order valence-electron chi connectivity index (χ0n) is 24.3. The first-order chi connectivity index (χ1) is 19.5. The summed E-state index contributed by atoms with van der Waals surface area (Å²) in [6.45, 7) is 9.52. The molecule has 0 amide bonds. The minimum Gasteiger partial charge on any atom is -0.0795 e. The van der Waals surface area contributed by atoms with Crippen LogP contribution in [0, 0.1) is 27.7 Å². The number of hydrogen-bond acceptors (Lipinski definition) is 0. The van der Waals surface area contributed by atoms with Gasteiger partial charge in [0.2, 0.25) is 0 Å². The van der Waals surface area contributed by atoms with Crippen LogP contribution in [0.4, 0.5) is 0 Å². The average molecular weight is 519 g/mol. The van der Waals surface area contributed by atoms with Crippen molar-refractivity contribution in [2.24, 2.45) is 0 Å². The highest BCUT2D eigenvalue weighted by Crippen LogP contribution is 2.51. The third-order valence-electron chi connectivity index (χ3n) is 11.0. The molecule has 0 nitrogen and oxygen atoms in total. The lowest BCUT2D eigenvalue weighted by Crippen LogP contribution is -2.07. The van der Waals surface area contributed by atoms with E-state index >= 15 is 0 Å². The monoisotopic (exact) mass is 518 g/mol. The summed E-state index contributed by atoms with van der Waals surface area (Å²) >= 11 is 0. The van der Waals surface area contributed by atoms with Crippen LogP contribution in [0.15, 0.2) is 60.7 Å². The van der Waals surface area contributed by atoms with Gasteiger partial charge in [-0.15, -0.1) is 0 Å². The summed E-state index contributed by atoms with van der Waals surface area (Å²) in [4.78, 5) is 0. The molecule has 198 valence electrons. The van der Waals surface area contributed by atoms with Crippen LogP contribution in [0.1, 0.15) is 103 Å². The molecule has 40 heavy (non-hydrogen) atoms. The fourth-order valence-electron chi connectivity index (χ4n) is 9.10. The van der Waals surface area contributed by atoms with E-state index in [9.17, 15) is 0 Å². The number of fused-ring (bicyclic) bond motifs is 4. The van der Waals surface area contributed by atoms with E-state index in [1.807, 2.05) is 0 Å². The van der Waals surface area contributed by atoms with Gasteiger partial charge in [0.1, 0.15) is 0 Å². The van der Waals surface area contributed by atoms with Crippen molar-refractivity contribution in [2.75, 3.05) is 0 Å². The molecule has 4 aromatic carbocycles. The van der Waals surface area contributed by atoms with E-state index in [0.29, 0.717) is 11.8 Å². The highest BCUT2D eigenvalue weighted by molar-refractivity contribution is 5.77. The van der Waals surface area contributed by atoms with Crippen molar-refractivity contribution < 1.29 is 0 Å². The zero-order chi connectivity index (χ0) is 27.1. The third-order valence-corrected chi connectivity index (χ3v) is 11.0. The summed E-state index contributed by atoms with van der Waals surface area (Å²) in [5.41, 5.74) is 24.7. The van der Waals surface area contributed by atoms with Crippen molar-refractivity contribution in [1.82, 2.24) is 0 Å². The van der Waals surface area contributed by atoms with Crippen molar-refractivity contribution in [1.29, 1.82) is 0 Å². The van der Waals surface area contributed by atoms with Gasteiger partial charge in [0, 0.05) is 11.8 Å². The zero-order valence-corrected chi connectivity index (χ0v) is 24.3. The normalized spacial score (nSPS) is 19.7. The van der Waals surface area contributed by atoms with Gasteiger partial charge in [0.05, 0.1) is 0 Å². The summed E-state index contributed by atoms with van der Waals surface area (Å²) in [6.07, 6.45) is 16.5. The summed E-state index contributed by atoms with van der Waals surface area (Å²) in [5, 5.41) is 0. The summed E-state index contributed by atoms with van der Waals surface area (Å²) in [7, 11) is 0. The molecule has 4 aliphatic carbocycles. The van der Waals surface area contributed by atoms with E-state index in [-0.39, 0.29) is 0 Å². The Bertz CT molecular complexity index is 1660. The quantitative estimate of drug-likeness (QED) is 0.253. The first-order valence-corrected chi connectivity index (χ1v) is 15.4. The van der Waals surface area contributed by atoms with Gasteiger partial charge in [0.25, 0.3) is 0 Å². The van der Waals surface area contributed by atoms with Gasteiger partial charge in [-0.2, -0.15) is 0 Å². The molecule has 4 aromatic rings. The van der Waals surface area contributed by atoms with Crippen LogP contribution in [0.25, 0.3) is 23.3 Å². The molecule has 4 aliphatic rings. The van der Waals surface area contributed by atoms with Crippen LogP contribution in [0.3, 0.4) is 0 Å². The number of allylic oxidation sites excluding steroid dienone is 2.